The van der Waals surface area contributed by atoms with Crippen LogP contribution in [0.2, 0.25) is 0 Å². The number of hydrogen-bond acceptors (Lipinski definition) is 2. The van der Waals surface area contributed by atoms with Crippen molar-refractivity contribution in [3.05, 3.63) is 33.1 Å². The summed E-state index contributed by atoms with van der Waals surface area (Å²) in [7, 11) is 0. The lowest BCUT2D eigenvalue weighted by atomic mass is 10.1. The fraction of sp³-hybridized carbons (Fsp3) is 0.385. The maximum Gasteiger partial charge on any atom is 0.326 e. The van der Waals surface area contributed by atoms with Crippen molar-refractivity contribution in [3.8, 4) is 0 Å². The Morgan fingerprint density at radius 1 is 1.47 bits per heavy atom. The van der Waals surface area contributed by atoms with E-state index in [9.17, 15) is 14.0 Å². The lowest BCUT2D eigenvalue weighted by Gasteiger charge is -2.27. The molecule has 0 aliphatic heterocycles. The molecule has 0 spiro atoms. The number of rotatable bonds is 4. The average Bonchev–Trinajstić information content (AvgIpc) is 3.16. The Hall–Kier alpha value is -1.18. The third kappa shape index (κ3) is 3.05. The van der Waals surface area contributed by atoms with E-state index in [-0.39, 0.29) is 11.6 Å². The Kier molecular flexibility index (Phi) is 4.07. The fourth-order valence-electron chi connectivity index (χ4n) is 1.93. The van der Waals surface area contributed by atoms with Gasteiger partial charge in [-0.2, -0.15) is 0 Å². The molecule has 1 aliphatic carbocycles. The van der Waals surface area contributed by atoms with Crippen LogP contribution in [0, 0.1) is 9.39 Å². The minimum absolute atomic E-state index is 0.0438. The topological polar surface area (TPSA) is 57.6 Å². The van der Waals surface area contributed by atoms with Crippen molar-refractivity contribution >= 4 is 34.5 Å². The van der Waals surface area contributed by atoms with Crippen molar-refractivity contribution in [2.24, 2.45) is 0 Å². The number of benzene rings is 1. The van der Waals surface area contributed by atoms with E-state index in [1.165, 1.54) is 24.0 Å². The van der Waals surface area contributed by atoms with Crippen LogP contribution in [-0.2, 0) is 4.79 Å². The van der Waals surface area contributed by atoms with Crippen LogP contribution in [0.4, 0.5) is 4.39 Å². The second-order valence-corrected chi connectivity index (χ2v) is 5.74. The van der Waals surface area contributed by atoms with E-state index in [4.69, 9.17) is 5.11 Å². The van der Waals surface area contributed by atoms with Crippen molar-refractivity contribution in [2.45, 2.75) is 31.8 Å². The van der Waals surface area contributed by atoms with Crippen LogP contribution in [0.1, 0.15) is 30.1 Å². The first-order chi connectivity index (χ1) is 8.91. The van der Waals surface area contributed by atoms with Crippen LogP contribution >= 0.6 is 22.6 Å². The van der Waals surface area contributed by atoms with Crippen LogP contribution in [0.5, 0.6) is 0 Å². The molecular weight excluding hydrogens is 364 g/mol. The summed E-state index contributed by atoms with van der Waals surface area (Å²) in [6.45, 7) is 1.48. The minimum Gasteiger partial charge on any atom is -0.480 e. The van der Waals surface area contributed by atoms with Crippen molar-refractivity contribution in [1.29, 1.82) is 0 Å². The van der Waals surface area contributed by atoms with Crippen molar-refractivity contribution < 1.29 is 19.1 Å². The first-order valence-electron chi connectivity index (χ1n) is 5.92. The van der Waals surface area contributed by atoms with E-state index in [2.05, 4.69) is 0 Å². The van der Waals surface area contributed by atoms with Crippen LogP contribution in [0.15, 0.2) is 18.2 Å². The van der Waals surface area contributed by atoms with Gasteiger partial charge in [0.1, 0.15) is 11.9 Å². The molecule has 0 saturated heterocycles. The van der Waals surface area contributed by atoms with Crippen LogP contribution in [0.3, 0.4) is 0 Å². The third-order valence-electron chi connectivity index (χ3n) is 3.11. The first kappa shape index (κ1) is 14.2. The number of aliphatic carboxylic acids is 1. The minimum atomic E-state index is -1.05. The van der Waals surface area contributed by atoms with E-state index in [0.717, 1.165) is 18.9 Å². The predicted octanol–water partition coefficient (Wildman–Crippen LogP) is 2.51. The standard InChI is InChI=1S/C13H13FINO3/c1-7(13(18)19)16(9-3-4-9)12(17)10-6-8(14)2-5-11(10)15/h2,5-7,9H,3-4H2,1H3,(H,18,19). The third-order valence-corrected chi connectivity index (χ3v) is 4.05. The van der Waals surface area contributed by atoms with Gasteiger partial charge in [0, 0.05) is 9.61 Å². The number of hydrogen-bond donors (Lipinski definition) is 1. The molecule has 1 aromatic rings. The zero-order valence-corrected chi connectivity index (χ0v) is 12.4. The molecule has 1 amide bonds. The summed E-state index contributed by atoms with van der Waals surface area (Å²) < 4.78 is 13.9. The van der Waals surface area contributed by atoms with E-state index < -0.39 is 23.7 Å². The van der Waals surface area contributed by atoms with E-state index in [1.54, 1.807) is 0 Å². The Bertz CT molecular complexity index is 531. The number of carboxylic acid groups (broad SMARTS) is 1. The van der Waals surface area contributed by atoms with Gasteiger partial charge in [-0.05, 0) is 60.6 Å². The summed E-state index contributed by atoms with van der Waals surface area (Å²) in [5.74, 6) is -1.96. The molecule has 4 nitrogen and oxygen atoms in total. The lowest BCUT2D eigenvalue weighted by molar-refractivity contribution is -0.141. The van der Waals surface area contributed by atoms with Gasteiger partial charge in [-0.25, -0.2) is 9.18 Å². The molecule has 6 heteroatoms. The van der Waals surface area contributed by atoms with Gasteiger partial charge in [-0.3, -0.25) is 4.79 Å². The number of carboxylic acids is 1. The summed E-state index contributed by atoms with van der Waals surface area (Å²) >= 11 is 1.95. The molecule has 102 valence electrons. The number of halogens is 2. The van der Waals surface area contributed by atoms with E-state index in [0.29, 0.717) is 3.57 Å². The average molecular weight is 377 g/mol. The monoisotopic (exact) mass is 377 g/mol. The molecule has 0 aromatic heterocycles. The van der Waals surface area contributed by atoms with E-state index in [1.807, 2.05) is 22.6 Å². The van der Waals surface area contributed by atoms with Gasteiger partial charge >= 0.3 is 5.97 Å². The zero-order valence-electron chi connectivity index (χ0n) is 10.3. The maximum absolute atomic E-state index is 13.3. The van der Waals surface area contributed by atoms with Gasteiger partial charge in [0.05, 0.1) is 5.56 Å². The van der Waals surface area contributed by atoms with Gasteiger partial charge < -0.3 is 10.0 Å². The molecule has 19 heavy (non-hydrogen) atoms. The normalized spacial score (nSPS) is 15.9. The highest BCUT2D eigenvalue weighted by atomic mass is 127. The molecule has 1 aliphatic rings. The molecule has 1 fully saturated rings. The van der Waals surface area contributed by atoms with Crippen LogP contribution in [-0.4, -0.2) is 34.0 Å². The number of carbonyl (C=O) groups excluding carboxylic acids is 1. The Morgan fingerprint density at radius 2 is 2.11 bits per heavy atom. The largest absolute Gasteiger partial charge is 0.480 e. The number of carbonyl (C=O) groups is 2. The maximum atomic E-state index is 13.3. The van der Waals surface area contributed by atoms with Gasteiger partial charge in [-0.1, -0.05) is 0 Å². The number of nitrogens with zero attached hydrogens (tertiary/aromatic N) is 1. The molecule has 1 aromatic carbocycles. The molecular formula is C13H13FINO3. The molecule has 2 rings (SSSR count). The van der Waals surface area contributed by atoms with Gasteiger partial charge in [0.15, 0.2) is 0 Å². The number of amides is 1. The molecule has 0 heterocycles. The zero-order chi connectivity index (χ0) is 14.2. The highest BCUT2D eigenvalue weighted by molar-refractivity contribution is 14.1. The molecule has 0 radical (unpaired) electrons. The first-order valence-corrected chi connectivity index (χ1v) is 7.00. The Labute approximate surface area is 123 Å². The summed E-state index contributed by atoms with van der Waals surface area (Å²) in [5.41, 5.74) is 0.223. The highest BCUT2D eigenvalue weighted by Crippen LogP contribution is 2.31. The Balaban J connectivity index is 2.34. The molecule has 0 bridgehead atoms. The second kappa shape index (κ2) is 5.44. The summed E-state index contributed by atoms with van der Waals surface area (Å²) in [6, 6.07) is 3.01. The van der Waals surface area contributed by atoms with Gasteiger partial charge in [0.25, 0.3) is 5.91 Å². The second-order valence-electron chi connectivity index (χ2n) is 4.58. The molecule has 1 unspecified atom stereocenters. The molecule has 1 atom stereocenters. The van der Waals surface area contributed by atoms with Crippen molar-refractivity contribution in [2.75, 3.05) is 0 Å². The SMILES string of the molecule is CC(C(=O)O)N(C(=O)c1cc(F)ccc1I)C1CC1. The lowest BCUT2D eigenvalue weighted by Crippen LogP contribution is -2.45. The molecule has 1 saturated carbocycles. The summed E-state index contributed by atoms with van der Waals surface area (Å²) in [6.07, 6.45) is 1.60. The quantitative estimate of drug-likeness (QED) is 0.821. The summed E-state index contributed by atoms with van der Waals surface area (Å²) in [5, 5.41) is 9.08. The van der Waals surface area contributed by atoms with Crippen LogP contribution < -0.4 is 0 Å². The Morgan fingerprint density at radius 3 is 2.63 bits per heavy atom. The van der Waals surface area contributed by atoms with E-state index >= 15 is 0 Å². The fourth-order valence-corrected chi connectivity index (χ4v) is 2.50. The predicted molar refractivity (Wildman–Crippen MR) is 75.4 cm³/mol. The summed E-state index contributed by atoms with van der Waals surface area (Å²) in [4.78, 5) is 24.9. The van der Waals surface area contributed by atoms with Gasteiger partial charge in [0.2, 0.25) is 0 Å². The smallest absolute Gasteiger partial charge is 0.326 e. The van der Waals surface area contributed by atoms with Crippen molar-refractivity contribution in [3.63, 3.8) is 0 Å². The van der Waals surface area contributed by atoms with Crippen molar-refractivity contribution in [1.82, 2.24) is 4.90 Å². The van der Waals surface area contributed by atoms with Crippen LogP contribution in [0.25, 0.3) is 0 Å². The molecule has 1 N–H and O–H groups in total. The van der Waals surface area contributed by atoms with Gasteiger partial charge in [-0.15, -0.1) is 0 Å². The highest BCUT2D eigenvalue weighted by Gasteiger charge is 2.39.